The molecule has 2 unspecified atom stereocenters. The van der Waals surface area contributed by atoms with Crippen LogP contribution in [0.25, 0.3) is 0 Å². The summed E-state index contributed by atoms with van der Waals surface area (Å²) >= 11 is 0. The number of hydrogen-bond donors (Lipinski definition) is 1. The van der Waals surface area contributed by atoms with Gasteiger partial charge in [-0.1, -0.05) is 33.8 Å². The van der Waals surface area contributed by atoms with Gasteiger partial charge in [0.25, 0.3) is 0 Å². The van der Waals surface area contributed by atoms with Gasteiger partial charge in [0.05, 0.1) is 6.04 Å². The van der Waals surface area contributed by atoms with Gasteiger partial charge in [-0.25, -0.2) is 0 Å². The molecular weight excluding hydrogens is 238 g/mol. The quantitative estimate of drug-likeness (QED) is 0.906. The van der Waals surface area contributed by atoms with Gasteiger partial charge in [0.15, 0.2) is 0 Å². The van der Waals surface area contributed by atoms with Crippen molar-refractivity contribution in [1.29, 1.82) is 0 Å². The Morgan fingerprint density at radius 3 is 2.58 bits per heavy atom. The molecule has 1 aromatic rings. The molecule has 2 atom stereocenters. The molecule has 106 valence electrons. The van der Waals surface area contributed by atoms with Crippen LogP contribution in [0.4, 0.5) is 0 Å². The van der Waals surface area contributed by atoms with E-state index in [0.717, 1.165) is 24.4 Å². The fraction of sp³-hybridized carbons (Fsp3) is 0.625. The third kappa shape index (κ3) is 2.77. The minimum Gasteiger partial charge on any atom is -0.491 e. The summed E-state index contributed by atoms with van der Waals surface area (Å²) in [6, 6.07) is 6.24. The molecule has 0 bridgehead atoms. The molecule has 1 aliphatic heterocycles. The molecule has 0 aliphatic carbocycles. The molecular formula is C16H25NO2. The summed E-state index contributed by atoms with van der Waals surface area (Å²) in [5, 5.41) is 10.6. The van der Waals surface area contributed by atoms with Gasteiger partial charge in [-0.05, 0) is 36.7 Å². The highest BCUT2D eigenvalue weighted by atomic mass is 16.5. The summed E-state index contributed by atoms with van der Waals surface area (Å²) in [5.74, 6) is 1.30. The molecule has 0 aromatic heterocycles. The fourth-order valence-corrected chi connectivity index (χ4v) is 2.76. The Labute approximate surface area is 116 Å². The molecule has 0 saturated heterocycles. The lowest BCUT2D eigenvalue weighted by Crippen LogP contribution is -2.45. The average molecular weight is 263 g/mol. The number of ether oxygens (including phenoxy) is 1. The lowest BCUT2D eigenvalue weighted by atomic mass is 9.93. The van der Waals surface area contributed by atoms with Crippen molar-refractivity contribution in [3.63, 3.8) is 0 Å². The molecule has 1 heterocycles. The number of likely N-dealkylation sites (N-methyl/N-ethyl adjacent to an activating group) is 1. The van der Waals surface area contributed by atoms with Crippen molar-refractivity contribution in [2.45, 2.75) is 45.8 Å². The molecule has 19 heavy (non-hydrogen) atoms. The van der Waals surface area contributed by atoms with Crippen molar-refractivity contribution in [2.75, 3.05) is 19.7 Å². The highest BCUT2D eigenvalue weighted by Crippen LogP contribution is 2.36. The first-order valence-electron chi connectivity index (χ1n) is 7.27. The first-order valence-corrected chi connectivity index (χ1v) is 7.27. The van der Waals surface area contributed by atoms with Gasteiger partial charge in [0.1, 0.15) is 18.5 Å². The summed E-state index contributed by atoms with van der Waals surface area (Å²) in [7, 11) is 0. The van der Waals surface area contributed by atoms with E-state index >= 15 is 0 Å². The lowest BCUT2D eigenvalue weighted by molar-refractivity contribution is 0.00781. The maximum Gasteiger partial charge on any atom is 0.125 e. The summed E-state index contributed by atoms with van der Waals surface area (Å²) < 4.78 is 5.82. The molecule has 2 rings (SSSR count). The fourth-order valence-electron chi connectivity index (χ4n) is 2.76. The van der Waals surface area contributed by atoms with Crippen molar-refractivity contribution in [1.82, 2.24) is 4.90 Å². The number of benzene rings is 1. The Bertz CT molecular complexity index is 427. The van der Waals surface area contributed by atoms with E-state index in [1.54, 1.807) is 0 Å². The second kappa shape index (κ2) is 5.93. The smallest absolute Gasteiger partial charge is 0.125 e. The predicted octanol–water partition coefficient (Wildman–Crippen LogP) is 2.95. The highest BCUT2D eigenvalue weighted by molar-refractivity contribution is 5.42. The molecule has 1 aromatic carbocycles. The predicted molar refractivity (Wildman–Crippen MR) is 77.7 cm³/mol. The third-order valence-corrected chi connectivity index (χ3v) is 4.07. The van der Waals surface area contributed by atoms with Gasteiger partial charge in [-0.2, -0.15) is 0 Å². The molecule has 3 nitrogen and oxygen atoms in total. The van der Waals surface area contributed by atoms with Gasteiger partial charge < -0.3 is 9.84 Å². The molecule has 1 aliphatic rings. The number of fused-ring (bicyclic) bond motifs is 1. The number of nitrogens with zero attached hydrogens (tertiary/aromatic N) is 1. The van der Waals surface area contributed by atoms with Gasteiger partial charge >= 0.3 is 0 Å². The molecule has 0 fully saturated rings. The van der Waals surface area contributed by atoms with E-state index in [0.29, 0.717) is 12.5 Å². The zero-order valence-electron chi connectivity index (χ0n) is 12.4. The van der Waals surface area contributed by atoms with Crippen LogP contribution in [-0.4, -0.2) is 35.7 Å². The van der Waals surface area contributed by atoms with Crippen LogP contribution >= 0.6 is 0 Å². The second-order valence-corrected chi connectivity index (χ2v) is 5.50. The largest absolute Gasteiger partial charge is 0.491 e. The number of aliphatic hydroxyl groups is 1. The Morgan fingerprint density at radius 1 is 1.32 bits per heavy atom. The van der Waals surface area contributed by atoms with Gasteiger partial charge in [0, 0.05) is 5.56 Å². The Kier molecular flexibility index (Phi) is 4.48. The Morgan fingerprint density at radius 2 is 2.00 bits per heavy atom. The van der Waals surface area contributed by atoms with Crippen LogP contribution in [0.2, 0.25) is 0 Å². The van der Waals surface area contributed by atoms with Crippen molar-refractivity contribution >= 4 is 0 Å². The van der Waals surface area contributed by atoms with Gasteiger partial charge in [-0.3, -0.25) is 4.90 Å². The molecule has 3 heteroatoms. The Balaban J connectivity index is 2.30. The van der Waals surface area contributed by atoms with E-state index < -0.39 is 6.10 Å². The Hall–Kier alpha value is -1.06. The summed E-state index contributed by atoms with van der Waals surface area (Å²) in [4.78, 5) is 2.26. The number of hydrogen-bond acceptors (Lipinski definition) is 3. The van der Waals surface area contributed by atoms with Crippen molar-refractivity contribution in [3.8, 4) is 5.75 Å². The van der Waals surface area contributed by atoms with Crippen LogP contribution < -0.4 is 4.74 Å². The third-order valence-electron chi connectivity index (χ3n) is 4.07. The van der Waals surface area contributed by atoms with Crippen molar-refractivity contribution in [3.05, 3.63) is 29.3 Å². The van der Waals surface area contributed by atoms with Gasteiger partial charge in [0.2, 0.25) is 0 Å². The van der Waals surface area contributed by atoms with E-state index in [2.05, 4.69) is 44.7 Å². The minimum atomic E-state index is -0.456. The molecule has 0 radical (unpaired) electrons. The first kappa shape index (κ1) is 14.4. The van der Waals surface area contributed by atoms with E-state index in [-0.39, 0.29) is 6.04 Å². The zero-order valence-corrected chi connectivity index (χ0v) is 12.4. The SMILES string of the molecule is CCN(CC)C1COc2ccc(C(C)C)cc2C1O. The number of rotatable bonds is 4. The maximum absolute atomic E-state index is 10.6. The van der Waals surface area contributed by atoms with Crippen LogP contribution in [0.3, 0.4) is 0 Å². The monoisotopic (exact) mass is 263 g/mol. The molecule has 1 N–H and O–H groups in total. The van der Waals surface area contributed by atoms with E-state index in [1.165, 1.54) is 5.56 Å². The van der Waals surface area contributed by atoms with E-state index in [1.807, 2.05) is 6.07 Å². The van der Waals surface area contributed by atoms with Crippen LogP contribution in [0.5, 0.6) is 5.75 Å². The van der Waals surface area contributed by atoms with Crippen LogP contribution in [0.15, 0.2) is 18.2 Å². The topological polar surface area (TPSA) is 32.7 Å². The average Bonchev–Trinajstić information content (AvgIpc) is 2.42. The van der Waals surface area contributed by atoms with Crippen molar-refractivity contribution < 1.29 is 9.84 Å². The first-order chi connectivity index (χ1) is 9.08. The zero-order chi connectivity index (χ0) is 14.0. The highest BCUT2D eigenvalue weighted by Gasteiger charge is 2.32. The molecule has 0 amide bonds. The van der Waals surface area contributed by atoms with E-state index in [9.17, 15) is 5.11 Å². The molecule has 0 saturated carbocycles. The normalized spacial score (nSPS) is 22.5. The lowest BCUT2D eigenvalue weighted by Gasteiger charge is -2.37. The summed E-state index contributed by atoms with van der Waals surface area (Å²) in [6.07, 6.45) is -0.456. The molecule has 0 spiro atoms. The number of aliphatic hydroxyl groups excluding tert-OH is 1. The van der Waals surface area contributed by atoms with E-state index in [4.69, 9.17) is 4.74 Å². The van der Waals surface area contributed by atoms with Crippen LogP contribution in [0, 0.1) is 0 Å². The second-order valence-electron chi connectivity index (χ2n) is 5.50. The van der Waals surface area contributed by atoms with Gasteiger partial charge in [-0.15, -0.1) is 0 Å². The maximum atomic E-state index is 10.6. The van der Waals surface area contributed by atoms with Crippen molar-refractivity contribution in [2.24, 2.45) is 0 Å². The van der Waals surface area contributed by atoms with Crippen LogP contribution in [-0.2, 0) is 0 Å². The van der Waals surface area contributed by atoms with Crippen LogP contribution in [0.1, 0.15) is 50.8 Å². The minimum absolute atomic E-state index is 0.0601. The summed E-state index contributed by atoms with van der Waals surface area (Å²) in [6.45, 7) is 11.0. The standard InChI is InChI=1S/C16H25NO2/c1-5-17(6-2)14-10-19-15-8-7-12(11(3)4)9-13(15)16(14)18/h7-9,11,14,16,18H,5-6,10H2,1-4H3. The summed E-state index contributed by atoms with van der Waals surface area (Å²) in [5.41, 5.74) is 2.19.